The second-order valence-electron chi connectivity index (χ2n) is 10.2. The van der Waals surface area contributed by atoms with Crippen molar-refractivity contribution in [2.45, 2.75) is 39.7 Å². The summed E-state index contributed by atoms with van der Waals surface area (Å²) in [6.07, 6.45) is 1.81. The summed E-state index contributed by atoms with van der Waals surface area (Å²) in [5.74, 6) is -0.599. The molecule has 0 unspecified atom stereocenters. The number of nitrogens with zero attached hydrogens (tertiary/aromatic N) is 3. The molecule has 0 aliphatic heterocycles. The number of carboxylic acids is 1. The Hall–Kier alpha value is -4.04. The van der Waals surface area contributed by atoms with Gasteiger partial charge in [-0.05, 0) is 50.5 Å². The van der Waals surface area contributed by atoms with Gasteiger partial charge in [0.25, 0.3) is 5.56 Å². The molecule has 1 aliphatic carbocycles. The van der Waals surface area contributed by atoms with Crippen LogP contribution in [0.1, 0.15) is 64.7 Å². The van der Waals surface area contributed by atoms with Crippen LogP contribution in [0.4, 0.5) is 5.69 Å². The molecule has 0 bridgehead atoms. The minimum atomic E-state index is -1.21. The third kappa shape index (κ3) is 4.56. The molecule has 0 spiro atoms. The highest BCUT2D eigenvalue weighted by atomic mass is 35.5. The van der Waals surface area contributed by atoms with Crippen LogP contribution in [0.3, 0.4) is 0 Å². The fraction of sp³-hybridized carbons (Fsp3) is 0.276. The van der Waals surface area contributed by atoms with Gasteiger partial charge in [0.15, 0.2) is 11.5 Å². The number of aromatic carboxylic acids is 1. The lowest BCUT2D eigenvalue weighted by Gasteiger charge is -2.20. The summed E-state index contributed by atoms with van der Waals surface area (Å²) in [6.45, 7) is 5.74. The number of carbonyl (C=O) groups excluding carboxylic acids is 1. The first kappa shape index (κ1) is 25.6. The van der Waals surface area contributed by atoms with Gasteiger partial charge in [0, 0.05) is 29.2 Å². The number of hydrogen-bond donors (Lipinski definition) is 2. The van der Waals surface area contributed by atoms with Crippen molar-refractivity contribution in [1.29, 1.82) is 0 Å². The van der Waals surface area contributed by atoms with Crippen LogP contribution in [0.5, 0.6) is 0 Å². The van der Waals surface area contributed by atoms with Crippen molar-refractivity contribution in [2.24, 2.45) is 12.5 Å². The van der Waals surface area contributed by atoms with Gasteiger partial charge in [0.1, 0.15) is 11.0 Å². The molecule has 194 valence electrons. The van der Waals surface area contributed by atoms with Crippen molar-refractivity contribution in [2.75, 3.05) is 5.32 Å². The molecule has 1 aliphatic rings. The van der Waals surface area contributed by atoms with E-state index < -0.39 is 12.0 Å². The SMILES string of the molecule is Cc1cc([C@@H](C)Nc2ccc(Cl)nc2C(=O)O)c2nc(-c3ccc(C(=O)C4(C)CC4)cc3)n(C)c(=O)c2c1. The first-order valence-corrected chi connectivity index (χ1v) is 12.7. The number of Topliss-reactive ketones (excluding diaryl/α,β-unsaturated/α-hetero) is 1. The van der Waals surface area contributed by atoms with Crippen LogP contribution >= 0.6 is 11.6 Å². The summed E-state index contributed by atoms with van der Waals surface area (Å²) in [6, 6.07) is 13.6. The lowest BCUT2D eigenvalue weighted by Crippen LogP contribution is -2.22. The largest absolute Gasteiger partial charge is 0.476 e. The zero-order valence-corrected chi connectivity index (χ0v) is 22.3. The fourth-order valence-corrected chi connectivity index (χ4v) is 4.85. The number of carboxylic acid groups (broad SMARTS) is 1. The second-order valence-corrected chi connectivity index (χ2v) is 10.6. The minimum absolute atomic E-state index is 0.0790. The second kappa shape index (κ2) is 9.36. The summed E-state index contributed by atoms with van der Waals surface area (Å²) < 4.78 is 1.51. The summed E-state index contributed by atoms with van der Waals surface area (Å²) in [5.41, 5.74) is 3.14. The molecule has 2 aromatic heterocycles. The summed E-state index contributed by atoms with van der Waals surface area (Å²) in [4.78, 5) is 46.7. The molecule has 0 radical (unpaired) electrons. The molecule has 4 aromatic rings. The van der Waals surface area contributed by atoms with Crippen molar-refractivity contribution < 1.29 is 14.7 Å². The number of ketones is 1. The van der Waals surface area contributed by atoms with Crippen molar-refractivity contribution in [3.8, 4) is 11.4 Å². The van der Waals surface area contributed by atoms with Crippen LogP contribution in [-0.2, 0) is 7.05 Å². The maximum absolute atomic E-state index is 13.4. The number of pyridine rings is 1. The molecular formula is C29H27ClN4O4. The first-order chi connectivity index (χ1) is 18.0. The van der Waals surface area contributed by atoms with Crippen LogP contribution < -0.4 is 10.9 Å². The molecule has 1 atom stereocenters. The Morgan fingerprint density at radius 1 is 1.11 bits per heavy atom. The number of aryl methyl sites for hydroxylation is 1. The van der Waals surface area contributed by atoms with E-state index in [0.29, 0.717) is 33.5 Å². The number of anilines is 1. The molecule has 0 saturated heterocycles. The number of carbonyl (C=O) groups is 2. The van der Waals surface area contributed by atoms with Gasteiger partial charge in [0.05, 0.1) is 22.6 Å². The van der Waals surface area contributed by atoms with E-state index in [1.165, 1.54) is 10.6 Å². The number of benzene rings is 2. The molecule has 5 rings (SSSR count). The monoisotopic (exact) mass is 530 g/mol. The molecule has 8 nitrogen and oxygen atoms in total. The fourth-order valence-electron chi connectivity index (χ4n) is 4.70. The summed E-state index contributed by atoms with van der Waals surface area (Å²) in [7, 11) is 1.68. The molecule has 38 heavy (non-hydrogen) atoms. The molecular weight excluding hydrogens is 504 g/mol. The molecule has 1 saturated carbocycles. The van der Waals surface area contributed by atoms with Gasteiger partial charge in [-0.25, -0.2) is 14.8 Å². The predicted octanol–water partition coefficient (Wildman–Crippen LogP) is 5.81. The van der Waals surface area contributed by atoms with Gasteiger partial charge in [-0.1, -0.05) is 48.9 Å². The lowest BCUT2D eigenvalue weighted by molar-refractivity contribution is 0.0691. The Morgan fingerprint density at radius 2 is 1.79 bits per heavy atom. The standard InChI is InChI=1S/C29H27ClN4O4/c1-15-13-19(16(2)31-21-9-10-22(30)32-24(21)28(37)38)23-20(14-15)27(36)34(4)26(33-23)18-7-5-17(6-8-18)25(35)29(3)11-12-29/h5-10,13-14,16,31H,11-12H2,1-4H3,(H,37,38)/t16-/m1/s1. The van der Waals surface area contributed by atoms with Gasteiger partial charge in [-0.15, -0.1) is 0 Å². The number of halogens is 1. The highest BCUT2D eigenvalue weighted by Gasteiger charge is 2.44. The molecule has 2 aromatic carbocycles. The smallest absolute Gasteiger partial charge is 0.356 e. The van der Waals surface area contributed by atoms with Gasteiger partial charge in [0.2, 0.25) is 0 Å². The summed E-state index contributed by atoms with van der Waals surface area (Å²) >= 11 is 5.91. The van der Waals surface area contributed by atoms with E-state index in [1.807, 2.05) is 39.0 Å². The van der Waals surface area contributed by atoms with Gasteiger partial charge in [-0.2, -0.15) is 0 Å². The Balaban J connectivity index is 1.59. The Labute approximate surface area is 224 Å². The normalized spacial score (nSPS) is 14.8. The number of nitrogens with one attached hydrogen (secondary N) is 1. The van der Waals surface area contributed by atoms with E-state index in [9.17, 15) is 19.5 Å². The van der Waals surface area contributed by atoms with Crippen molar-refractivity contribution in [1.82, 2.24) is 14.5 Å². The third-order valence-electron chi connectivity index (χ3n) is 7.21. The molecule has 2 N–H and O–H groups in total. The van der Waals surface area contributed by atoms with E-state index in [1.54, 1.807) is 31.3 Å². The van der Waals surface area contributed by atoms with Crippen molar-refractivity contribution in [3.05, 3.63) is 86.4 Å². The predicted molar refractivity (Wildman–Crippen MR) is 147 cm³/mol. The van der Waals surface area contributed by atoms with Gasteiger partial charge < -0.3 is 10.4 Å². The maximum Gasteiger partial charge on any atom is 0.356 e. The maximum atomic E-state index is 13.4. The highest BCUT2D eigenvalue weighted by molar-refractivity contribution is 6.29. The first-order valence-electron chi connectivity index (χ1n) is 12.3. The van der Waals surface area contributed by atoms with E-state index in [-0.39, 0.29) is 27.6 Å². The van der Waals surface area contributed by atoms with Crippen molar-refractivity contribution >= 4 is 39.9 Å². The molecule has 1 fully saturated rings. The van der Waals surface area contributed by atoms with Gasteiger partial charge in [-0.3, -0.25) is 14.2 Å². The zero-order chi connectivity index (χ0) is 27.4. The average Bonchev–Trinajstić information content (AvgIpc) is 3.65. The van der Waals surface area contributed by atoms with E-state index in [0.717, 1.165) is 24.0 Å². The Bertz CT molecular complexity index is 1670. The molecule has 9 heteroatoms. The number of fused-ring (bicyclic) bond motifs is 1. The molecule has 0 amide bonds. The Morgan fingerprint density at radius 3 is 2.42 bits per heavy atom. The van der Waals surface area contributed by atoms with Crippen LogP contribution in [-0.4, -0.2) is 31.4 Å². The Kier molecular flexibility index (Phi) is 6.31. The van der Waals surface area contributed by atoms with E-state index >= 15 is 0 Å². The average molecular weight is 531 g/mol. The number of rotatable bonds is 7. The van der Waals surface area contributed by atoms with Crippen molar-refractivity contribution in [3.63, 3.8) is 0 Å². The van der Waals surface area contributed by atoms with Gasteiger partial charge >= 0.3 is 5.97 Å². The zero-order valence-electron chi connectivity index (χ0n) is 21.5. The van der Waals surface area contributed by atoms with E-state index in [2.05, 4.69) is 10.3 Å². The highest BCUT2D eigenvalue weighted by Crippen LogP contribution is 2.47. The number of hydrogen-bond acceptors (Lipinski definition) is 6. The topological polar surface area (TPSA) is 114 Å². The minimum Gasteiger partial charge on any atom is -0.476 e. The summed E-state index contributed by atoms with van der Waals surface area (Å²) in [5, 5.41) is 13.3. The molecule has 2 heterocycles. The van der Waals surface area contributed by atoms with Crippen LogP contribution in [0.15, 0.2) is 53.3 Å². The van der Waals surface area contributed by atoms with Crippen LogP contribution in [0, 0.1) is 12.3 Å². The van der Waals surface area contributed by atoms with E-state index in [4.69, 9.17) is 16.6 Å². The third-order valence-corrected chi connectivity index (χ3v) is 7.42. The quantitative estimate of drug-likeness (QED) is 0.229. The van der Waals surface area contributed by atoms with Crippen LogP contribution in [0.2, 0.25) is 5.15 Å². The number of aromatic nitrogens is 3. The lowest BCUT2D eigenvalue weighted by atomic mass is 9.96. The van der Waals surface area contributed by atoms with Crippen LogP contribution in [0.25, 0.3) is 22.3 Å².